The van der Waals surface area contributed by atoms with Gasteiger partial charge in [-0.15, -0.1) is 5.10 Å². The number of methoxy groups -OCH3 is 1. The van der Waals surface area contributed by atoms with E-state index in [-0.39, 0.29) is 24.5 Å². The van der Waals surface area contributed by atoms with Crippen LogP contribution in [0.25, 0.3) is 11.3 Å². The molecule has 9 nitrogen and oxygen atoms in total. The maximum Gasteiger partial charge on any atom is 0.252 e. The molecule has 0 bridgehead atoms. The summed E-state index contributed by atoms with van der Waals surface area (Å²) in [6.07, 6.45) is -0.154. The third-order valence-corrected chi connectivity index (χ3v) is 5.70. The Morgan fingerprint density at radius 3 is 2.69 bits per heavy atom. The molecule has 1 aromatic carbocycles. The van der Waals surface area contributed by atoms with Crippen LogP contribution in [0.1, 0.15) is 18.9 Å². The molecule has 3 heterocycles. The first kappa shape index (κ1) is 22.6. The molecule has 3 unspecified atom stereocenters. The number of carbonyl (C=O) groups excluding carboxylic acids is 1. The summed E-state index contributed by atoms with van der Waals surface area (Å²) in [6.45, 7) is 0.839. The van der Waals surface area contributed by atoms with Crippen molar-refractivity contribution in [3.63, 3.8) is 0 Å². The molecule has 2 fully saturated rings. The Morgan fingerprint density at radius 2 is 2.00 bits per heavy atom. The summed E-state index contributed by atoms with van der Waals surface area (Å²) in [7, 11) is 1.42. The second kappa shape index (κ2) is 9.53. The number of nitrogens with zero attached hydrogens (tertiary/aromatic N) is 3. The first-order valence-electron chi connectivity index (χ1n) is 10.2. The van der Waals surface area contributed by atoms with Crippen molar-refractivity contribution in [3.05, 3.63) is 35.8 Å². The van der Waals surface area contributed by atoms with Crippen molar-refractivity contribution in [2.45, 2.75) is 43.2 Å². The molecule has 0 spiro atoms. The van der Waals surface area contributed by atoms with E-state index in [0.29, 0.717) is 19.4 Å². The van der Waals surface area contributed by atoms with Gasteiger partial charge in [0, 0.05) is 25.9 Å². The highest BCUT2D eigenvalue weighted by molar-refractivity contribution is 5.82. The van der Waals surface area contributed by atoms with Gasteiger partial charge in [-0.2, -0.15) is 0 Å². The van der Waals surface area contributed by atoms with Crippen LogP contribution in [0, 0.1) is 17.5 Å². The van der Waals surface area contributed by atoms with Gasteiger partial charge in [0.15, 0.2) is 23.6 Å². The molecular formula is C20H23F3N4O5. The smallest absolute Gasteiger partial charge is 0.252 e. The van der Waals surface area contributed by atoms with E-state index in [1.807, 2.05) is 0 Å². The molecule has 2 aromatic rings. The monoisotopic (exact) mass is 456 g/mol. The number of halogens is 3. The summed E-state index contributed by atoms with van der Waals surface area (Å²) in [5, 5.41) is 20.8. The molecule has 5 atom stereocenters. The van der Waals surface area contributed by atoms with Crippen molar-refractivity contribution >= 4 is 5.91 Å². The zero-order chi connectivity index (χ0) is 22.8. The van der Waals surface area contributed by atoms with E-state index in [2.05, 4.69) is 15.6 Å². The van der Waals surface area contributed by atoms with Gasteiger partial charge in [0.2, 0.25) is 0 Å². The fourth-order valence-corrected chi connectivity index (χ4v) is 3.97. The normalized spacial score (nSPS) is 28.5. The maximum atomic E-state index is 13.6. The summed E-state index contributed by atoms with van der Waals surface area (Å²) >= 11 is 0. The van der Waals surface area contributed by atoms with Crippen LogP contribution >= 0.6 is 0 Å². The van der Waals surface area contributed by atoms with E-state index in [1.54, 1.807) is 0 Å². The average Bonchev–Trinajstić information content (AvgIpc) is 3.28. The van der Waals surface area contributed by atoms with Crippen LogP contribution in [0.4, 0.5) is 13.2 Å². The zero-order valence-electron chi connectivity index (χ0n) is 17.2. The molecule has 0 radical (unpaired) electrons. The van der Waals surface area contributed by atoms with Gasteiger partial charge >= 0.3 is 0 Å². The van der Waals surface area contributed by atoms with Gasteiger partial charge in [0.05, 0.1) is 31.0 Å². The minimum absolute atomic E-state index is 0.0225. The maximum absolute atomic E-state index is 13.6. The number of rotatable bonds is 5. The third-order valence-electron chi connectivity index (χ3n) is 5.70. The van der Waals surface area contributed by atoms with Crippen molar-refractivity contribution in [1.29, 1.82) is 0 Å². The first-order chi connectivity index (χ1) is 15.4. The summed E-state index contributed by atoms with van der Waals surface area (Å²) in [5.41, 5.74) is 0.155. The van der Waals surface area contributed by atoms with E-state index < -0.39 is 53.8 Å². The number of hydrogen-bond acceptors (Lipinski definition) is 7. The summed E-state index contributed by atoms with van der Waals surface area (Å²) in [4.78, 5) is 12.8. The van der Waals surface area contributed by atoms with E-state index in [9.17, 15) is 23.1 Å². The van der Waals surface area contributed by atoms with E-state index >= 15 is 0 Å². The van der Waals surface area contributed by atoms with Crippen molar-refractivity contribution in [3.8, 4) is 11.3 Å². The lowest BCUT2D eigenvalue weighted by molar-refractivity contribution is -0.159. The second-order valence-corrected chi connectivity index (χ2v) is 7.73. The number of carbonyl (C=O) groups is 1. The highest BCUT2D eigenvalue weighted by Crippen LogP contribution is 2.30. The third kappa shape index (κ3) is 4.49. The van der Waals surface area contributed by atoms with Crippen LogP contribution < -0.4 is 5.32 Å². The molecule has 12 heteroatoms. The standard InChI is InChI=1S/C20H23F3N4O5/c1-30-18-15(2-5-32-19(18)20(29)24-14-9-31-4-3-16(14)28)27-8-13(25-26-27)10-6-11(21)17(23)12(22)7-10/h6-8,14-16,18-19,28H,2-5,9H2,1H3,(H,24,29)/t14-,15?,16-,18?,19?/m0/s1. The lowest BCUT2D eigenvalue weighted by atomic mass is 9.98. The Kier molecular flexibility index (Phi) is 6.74. The number of ether oxygens (including phenoxy) is 3. The molecule has 4 rings (SSSR count). The van der Waals surface area contributed by atoms with Crippen LogP contribution in [0.15, 0.2) is 18.3 Å². The van der Waals surface area contributed by atoms with Crippen LogP contribution in [0.3, 0.4) is 0 Å². The number of nitrogens with one attached hydrogen (secondary N) is 1. The van der Waals surface area contributed by atoms with Crippen molar-refractivity contribution < 1.29 is 37.3 Å². The van der Waals surface area contributed by atoms with Crippen LogP contribution in [-0.2, 0) is 19.0 Å². The Hall–Kier alpha value is -2.54. The molecule has 0 aliphatic carbocycles. The highest BCUT2D eigenvalue weighted by atomic mass is 19.2. The molecule has 2 saturated heterocycles. The van der Waals surface area contributed by atoms with Crippen molar-refractivity contribution in [1.82, 2.24) is 20.3 Å². The highest BCUT2D eigenvalue weighted by Gasteiger charge is 2.42. The number of amides is 1. The molecule has 2 aliphatic rings. The van der Waals surface area contributed by atoms with E-state index in [4.69, 9.17) is 14.2 Å². The number of hydrogen-bond donors (Lipinski definition) is 2. The molecular weight excluding hydrogens is 433 g/mol. The minimum atomic E-state index is -1.56. The predicted octanol–water partition coefficient (Wildman–Crippen LogP) is 0.973. The van der Waals surface area contributed by atoms with Gasteiger partial charge < -0.3 is 24.6 Å². The molecule has 2 N–H and O–H groups in total. The minimum Gasteiger partial charge on any atom is -0.391 e. The van der Waals surface area contributed by atoms with Crippen molar-refractivity contribution in [2.24, 2.45) is 0 Å². The average molecular weight is 456 g/mol. The molecule has 2 aliphatic heterocycles. The van der Waals surface area contributed by atoms with Gasteiger partial charge in [-0.1, -0.05) is 5.21 Å². The second-order valence-electron chi connectivity index (χ2n) is 7.73. The lowest BCUT2D eigenvalue weighted by Crippen LogP contribution is -2.57. The molecule has 1 amide bonds. The van der Waals surface area contributed by atoms with Crippen LogP contribution in [0.5, 0.6) is 0 Å². The Labute approximate surface area is 181 Å². The fourth-order valence-electron chi connectivity index (χ4n) is 3.97. The molecule has 174 valence electrons. The fraction of sp³-hybridized carbons (Fsp3) is 0.550. The summed E-state index contributed by atoms with van der Waals surface area (Å²) in [6, 6.07) is 0.642. The Balaban J connectivity index is 1.52. The number of aliphatic hydroxyl groups excluding tert-OH is 1. The zero-order valence-corrected chi connectivity index (χ0v) is 17.2. The van der Waals surface area contributed by atoms with Crippen molar-refractivity contribution in [2.75, 3.05) is 26.9 Å². The van der Waals surface area contributed by atoms with Crippen LogP contribution in [-0.4, -0.2) is 77.3 Å². The summed E-state index contributed by atoms with van der Waals surface area (Å²) < 4.78 is 58.3. The van der Waals surface area contributed by atoms with Gasteiger partial charge in [0.1, 0.15) is 11.8 Å². The van der Waals surface area contributed by atoms with Gasteiger partial charge in [-0.05, 0) is 25.0 Å². The molecule has 1 aromatic heterocycles. The predicted molar refractivity (Wildman–Crippen MR) is 103 cm³/mol. The molecule has 0 saturated carbocycles. The quantitative estimate of drug-likeness (QED) is 0.646. The van der Waals surface area contributed by atoms with Gasteiger partial charge in [-0.25, -0.2) is 17.9 Å². The van der Waals surface area contributed by atoms with Crippen LogP contribution in [0.2, 0.25) is 0 Å². The lowest BCUT2D eigenvalue weighted by Gasteiger charge is -2.37. The number of aliphatic hydroxyl groups is 1. The SMILES string of the molecule is COC1C(C(=O)N[C@H]2COCC[C@@H]2O)OCCC1n1cc(-c2cc(F)c(F)c(F)c2)nn1. The largest absolute Gasteiger partial charge is 0.391 e. The number of aromatic nitrogens is 3. The Morgan fingerprint density at radius 1 is 1.25 bits per heavy atom. The van der Waals surface area contributed by atoms with Gasteiger partial charge in [0.25, 0.3) is 5.91 Å². The number of benzene rings is 1. The van der Waals surface area contributed by atoms with Gasteiger partial charge in [-0.3, -0.25) is 4.79 Å². The Bertz CT molecular complexity index is 951. The topological polar surface area (TPSA) is 108 Å². The summed E-state index contributed by atoms with van der Waals surface area (Å²) in [5.74, 6) is -4.69. The molecule has 32 heavy (non-hydrogen) atoms. The van der Waals surface area contributed by atoms with E-state index in [1.165, 1.54) is 18.0 Å². The first-order valence-corrected chi connectivity index (χ1v) is 10.2. The van der Waals surface area contributed by atoms with E-state index in [0.717, 1.165) is 12.1 Å².